The Kier molecular flexibility index (Phi) is 7.00. The average Bonchev–Trinajstić information content (AvgIpc) is 2.68. The molecule has 0 aliphatic carbocycles. The summed E-state index contributed by atoms with van der Waals surface area (Å²) in [6, 6.07) is 0. The summed E-state index contributed by atoms with van der Waals surface area (Å²) >= 11 is 4.86. The van der Waals surface area contributed by atoms with Crippen molar-refractivity contribution in [3.05, 3.63) is 61.2 Å². The van der Waals surface area contributed by atoms with Crippen LogP contribution in [-0.2, 0) is 6.42 Å². The van der Waals surface area contributed by atoms with Crippen LogP contribution in [0.2, 0.25) is 0 Å². The van der Waals surface area contributed by atoms with Gasteiger partial charge in [-0.05, 0) is 130 Å². The van der Waals surface area contributed by atoms with Gasteiger partial charge in [0.1, 0.15) is 0 Å². The molecule has 0 aliphatic heterocycles. The third-order valence-corrected chi connectivity index (χ3v) is 6.51. The van der Waals surface area contributed by atoms with Crippen LogP contribution in [0.25, 0.3) is 0 Å². The minimum Gasteiger partial charge on any atom is -0.194 e. The molecule has 0 atom stereocenters. The Morgan fingerprint density at radius 3 is 1.50 bits per heavy atom. The van der Waals surface area contributed by atoms with Crippen LogP contribution in [0.3, 0.4) is 0 Å². The summed E-state index contributed by atoms with van der Waals surface area (Å²) in [6.45, 7) is 19.7. The summed E-state index contributed by atoms with van der Waals surface area (Å²) in [6.07, 6.45) is 1.81. The number of isothiocyanates is 1. The van der Waals surface area contributed by atoms with Crippen molar-refractivity contribution in [3.63, 3.8) is 0 Å². The van der Waals surface area contributed by atoms with Gasteiger partial charge in [-0.15, -0.1) is 0 Å². The maximum Gasteiger partial charge on any atom is 0.0803 e. The lowest BCUT2D eigenvalue weighted by atomic mass is 9.83. The van der Waals surface area contributed by atoms with E-state index in [1.165, 1.54) is 61.2 Å². The second kappa shape index (κ2) is 8.87. The molecule has 0 unspecified atom stereocenters. The molecule has 0 fully saturated rings. The molecule has 0 bridgehead atoms. The second-order valence-corrected chi connectivity index (χ2v) is 7.90. The van der Waals surface area contributed by atoms with Gasteiger partial charge < -0.3 is 0 Å². The van der Waals surface area contributed by atoms with E-state index in [0.29, 0.717) is 0 Å². The van der Waals surface area contributed by atoms with Crippen LogP contribution >= 0.6 is 12.2 Å². The minimum absolute atomic E-state index is 0.881. The van der Waals surface area contributed by atoms with E-state index in [4.69, 9.17) is 12.2 Å². The molecule has 1 nitrogen and oxygen atoms in total. The first-order valence-electron chi connectivity index (χ1n) is 9.92. The fourth-order valence-corrected chi connectivity index (χ4v) is 4.14. The summed E-state index contributed by atoms with van der Waals surface area (Å²) < 4.78 is 0. The summed E-state index contributed by atoms with van der Waals surface area (Å²) in [5.74, 6) is 6.63. The fourth-order valence-electron chi connectivity index (χ4n) is 4.05. The molecular weight excluding hydrogens is 358 g/mol. The summed E-state index contributed by atoms with van der Waals surface area (Å²) in [7, 11) is 0. The van der Waals surface area contributed by atoms with Gasteiger partial charge in [-0.25, -0.2) is 0 Å². The van der Waals surface area contributed by atoms with Gasteiger partial charge in [0.25, 0.3) is 0 Å². The van der Waals surface area contributed by atoms with E-state index >= 15 is 0 Å². The van der Waals surface area contributed by atoms with Crippen LogP contribution in [0, 0.1) is 67.2 Å². The third kappa shape index (κ3) is 3.83. The van der Waals surface area contributed by atoms with Crippen LogP contribution in [0.1, 0.15) is 74.5 Å². The van der Waals surface area contributed by atoms with Gasteiger partial charge in [0.05, 0.1) is 10.8 Å². The number of hydrogen-bond acceptors (Lipinski definition) is 2. The number of thiocarbonyl (C=S) groups is 1. The average molecular weight is 390 g/mol. The normalized spacial score (nSPS) is 10.3. The molecule has 0 heterocycles. The van der Waals surface area contributed by atoms with Crippen LogP contribution < -0.4 is 0 Å². The van der Waals surface area contributed by atoms with E-state index in [1.807, 2.05) is 0 Å². The van der Waals surface area contributed by atoms with Crippen LogP contribution in [0.5, 0.6) is 0 Å². The van der Waals surface area contributed by atoms with Gasteiger partial charge in [-0.3, -0.25) is 0 Å². The van der Waals surface area contributed by atoms with E-state index in [1.54, 1.807) is 0 Å². The minimum atomic E-state index is 0.881. The number of rotatable bonds is 3. The van der Waals surface area contributed by atoms with Gasteiger partial charge in [-0.1, -0.05) is 18.8 Å². The lowest BCUT2D eigenvalue weighted by Gasteiger charge is -2.22. The summed E-state index contributed by atoms with van der Waals surface area (Å²) in [5, 5.41) is 2.54. The molecule has 0 radical (unpaired) electrons. The zero-order valence-corrected chi connectivity index (χ0v) is 19.6. The fraction of sp³-hybridized carbons (Fsp3) is 0.423. The molecule has 0 saturated heterocycles. The topological polar surface area (TPSA) is 12.4 Å². The highest BCUT2D eigenvalue weighted by Crippen LogP contribution is 2.36. The van der Waals surface area contributed by atoms with E-state index in [9.17, 15) is 0 Å². The Morgan fingerprint density at radius 1 is 0.679 bits per heavy atom. The van der Waals surface area contributed by atoms with Crippen molar-refractivity contribution in [1.82, 2.24) is 0 Å². The van der Waals surface area contributed by atoms with Crippen LogP contribution in [0.15, 0.2) is 4.99 Å². The van der Waals surface area contributed by atoms with Crippen molar-refractivity contribution in [2.24, 2.45) is 4.99 Å². The standard InChI is InChI=1S/C26H31NS/c1-10-11-12-23-15(2)17(4)24(18(5)16(23)3)13-25-19(6)21(8)26(27-14-28)22(9)20(25)7/h10,13H2,1-9H3. The quantitative estimate of drug-likeness (QED) is 0.306. The first-order chi connectivity index (χ1) is 13.2. The second-order valence-electron chi connectivity index (χ2n) is 7.72. The van der Waals surface area contributed by atoms with Crippen molar-refractivity contribution in [3.8, 4) is 11.8 Å². The predicted molar refractivity (Wildman–Crippen MR) is 125 cm³/mol. The van der Waals surface area contributed by atoms with Gasteiger partial charge in [0.15, 0.2) is 0 Å². The van der Waals surface area contributed by atoms with E-state index in [2.05, 4.69) is 84.3 Å². The molecule has 0 spiro atoms. The molecule has 0 N–H and O–H groups in total. The number of aliphatic imine (C=N–C) groups is 1. The maximum absolute atomic E-state index is 4.86. The monoisotopic (exact) mass is 389 g/mol. The van der Waals surface area contributed by atoms with Crippen molar-refractivity contribution in [2.45, 2.75) is 75.2 Å². The molecule has 0 saturated carbocycles. The first-order valence-corrected chi connectivity index (χ1v) is 10.3. The van der Waals surface area contributed by atoms with E-state index in [-0.39, 0.29) is 0 Å². The predicted octanol–water partition coefficient (Wildman–Crippen LogP) is 7.24. The van der Waals surface area contributed by atoms with Crippen LogP contribution in [-0.4, -0.2) is 5.16 Å². The van der Waals surface area contributed by atoms with Crippen molar-refractivity contribution < 1.29 is 0 Å². The lowest BCUT2D eigenvalue weighted by molar-refractivity contribution is 1.03. The van der Waals surface area contributed by atoms with E-state index in [0.717, 1.165) is 18.5 Å². The summed E-state index contributed by atoms with van der Waals surface area (Å²) in [4.78, 5) is 4.33. The molecule has 28 heavy (non-hydrogen) atoms. The molecule has 2 aromatic rings. The maximum atomic E-state index is 4.86. The molecule has 2 heteroatoms. The van der Waals surface area contributed by atoms with Crippen molar-refractivity contribution in [2.75, 3.05) is 0 Å². The van der Waals surface area contributed by atoms with Gasteiger partial charge >= 0.3 is 0 Å². The molecule has 0 amide bonds. The Bertz CT molecular complexity index is 997. The number of hydrogen-bond donors (Lipinski definition) is 0. The zero-order chi connectivity index (χ0) is 21.2. The number of nitrogens with zero attached hydrogens (tertiary/aromatic N) is 1. The molecule has 0 aliphatic rings. The first kappa shape index (κ1) is 22.1. The van der Waals surface area contributed by atoms with E-state index < -0.39 is 0 Å². The van der Waals surface area contributed by atoms with Crippen molar-refractivity contribution in [1.29, 1.82) is 0 Å². The Morgan fingerprint density at radius 2 is 1.11 bits per heavy atom. The Balaban J connectivity index is 2.73. The molecule has 0 aromatic heterocycles. The molecule has 146 valence electrons. The highest BCUT2D eigenvalue weighted by atomic mass is 32.1. The number of benzene rings is 2. The smallest absolute Gasteiger partial charge is 0.0803 e. The van der Waals surface area contributed by atoms with Crippen molar-refractivity contribution >= 4 is 23.1 Å². The van der Waals surface area contributed by atoms with Crippen LogP contribution in [0.4, 0.5) is 5.69 Å². The Labute approximate surface area is 176 Å². The van der Waals surface area contributed by atoms with Gasteiger partial charge in [0, 0.05) is 12.0 Å². The molecule has 2 aromatic carbocycles. The lowest BCUT2D eigenvalue weighted by Crippen LogP contribution is -2.07. The largest absolute Gasteiger partial charge is 0.194 e. The highest BCUT2D eigenvalue weighted by Gasteiger charge is 2.19. The molecule has 2 rings (SSSR count). The van der Waals surface area contributed by atoms with Gasteiger partial charge in [-0.2, -0.15) is 4.99 Å². The Hall–Kier alpha value is -2.20. The third-order valence-electron chi connectivity index (χ3n) is 6.42. The molecular formula is C26H31NS. The summed E-state index contributed by atoms with van der Waals surface area (Å²) in [5.41, 5.74) is 15.3. The van der Waals surface area contributed by atoms with Gasteiger partial charge in [0.2, 0.25) is 0 Å². The SMILES string of the molecule is CCC#Cc1c(C)c(C)c(Cc2c(C)c(C)c(N=C=S)c(C)c2C)c(C)c1C. The highest BCUT2D eigenvalue weighted by molar-refractivity contribution is 7.78. The zero-order valence-electron chi connectivity index (χ0n) is 18.8.